The number of ether oxygens (including phenoxy) is 1. The highest BCUT2D eigenvalue weighted by atomic mass is 16.5. The number of nitrogens with one attached hydrogen (secondary N) is 1. The van der Waals surface area contributed by atoms with Gasteiger partial charge in [0.1, 0.15) is 11.5 Å². The Morgan fingerprint density at radius 3 is 2.50 bits per heavy atom. The largest absolute Gasteiger partial charge is 0.378 e. The van der Waals surface area contributed by atoms with Crippen LogP contribution in [-0.4, -0.2) is 65.3 Å². The van der Waals surface area contributed by atoms with Crippen LogP contribution in [0.4, 0.5) is 17.2 Å². The molecule has 2 aromatic carbocycles. The van der Waals surface area contributed by atoms with Gasteiger partial charge >= 0.3 is 0 Å². The van der Waals surface area contributed by atoms with E-state index in [-0.39, 0.29) is 17.0 Å². The van der Waals surface area contributed by atoms with Crippen LogP contribution in [0, 0.1) is 6.92 Å². The van der Waals surface area contributed by atoms with E-state index in [0.717, 1.165) is 33.5 Å². The Kier molecular flexibility index (Phi) is 7.75. The molecule has 1 saturated heterocycles. The molecule has 0 unspecified atom stereocenters. The molecule has 0 radical (unpaired) electrons. The Labute approximate surface area is 254 Å². The molecule has 0 bridgehead atoms. The number of fused-ring (bicyclic) bond motifs is 1. The van der Waals surface area contributed by atoms with E-state index >= 15 is 0 Å². The Bertz CT molecular complexity index is 1990. The maximum Gasteiger partial charge on any atom is 0.274 e. The summed E-state index contributed by atoms with van der Waals surface area (Å²) >= 11 is 0. The molecule has 1 aliphatic rings. The molecule has 1 fully saturated rings. The Balaban J connectivity index is 1.31. The summed E-state index contributed by atoms with van der Waals surface area (Å²) in [6, 6.07) is 18.8. The SMILES string of the molecule is Cc1c(-c2cc(Nc3ccc(C(=O)N4CCOCC4)cn3)c(=O)n(C)c2)cccc1-n1ccc2cc(N(C)C)ccc2c1=O. The van der Waals surface area contributed by atoms with Gasteiger partial charge in [-0.3, -0.25) is 19.0 Å². The van der Waals surface area contributed by atoms with Crippen LogP contribution < -0.4 is 21.3 Å². The zero-order valence-corrected chi connectivity index (χ0v) is 25.2. The average molecular weight is 591 g/mol. The van der Waals surface area contributed by atoms with Crippen molar-refractivity contribution >= 4 is 33.9 Å². The van der Waals surface area contributed by atoms with Crippen LogP contribution in [0.3, 0.4) is 0 Å². The number of hydrogen-bond donors (Lipinski definition) is 1. The van der Waals surface area contributed by atoms with Crippen LogP contribution in [-0.2, 0) is 11.8 Å². The molecule has 1 N–H and O–H groups in total. The lowest BCUT2D eigenvalue weighted by Crippen LogP contribution is -2.40. The minimum absolute atomic E-state index is 0.0931. The number of nitrogens with zero attached hydrogens (tertiary/aromatic N) is 5. The highest BCUT2D eigenvalue weighted by Crippen LogP contribution is 2.29. The first-order chi connectivity index (χ1) is 21.2. The van der Waals surface area contributed by atoms with Crippen molar-refractivity contribution in [3.63, 3.8) is 0 Å². The fourth-order valence-corrected chi connectivity index (χ4v) is 5.53. The molecule has 6 rings (SSSR count). The molecule has 0 spiro atoms. The lowest BCUT2D eigenvalue weighted by molar-refractivity contribution is 0.0302. The van der Waals surface area contributed by atoms with Crippen molar-refractivity contribution in [2.24, 2.45) is 7.05 Å². The lowest BCUT2D eigenvalue weighted by Gasteiger charge is -2.26. The number of hydrogen-bond acceptors (Lipinski definition) is 7. The van der Waals surface area contributed by atoms with Gasteiger partial charge in [-0.2, -0.15) is 0 Å². The van der Waals surface area contributed by atoms with Gasteiger partial charge in [-0.1, -0.05) is 12.1 Å². The van der Waals surface area contributed by atoms with E-state index in [2.05, 4.69) is 10.3 Å². The second-order valence-corrected chi connectivity index (χ2v) is 11.1. The first kappa shape index (κ1) is 28.9. The van der Waals surface area contributed by atoms with E-state index in [9.17, 15) is 14.4 Å². The molecule has 10 nitrogen and oxygen atoms in total. The molecule has 44 heavy (non-hydrogen) atoms. The smallest absolute Gasteiger partial charge is 0.274 e. The first-order valence-electron chi connectivity index (χ1n) is 14.4. The summed E-state index contributed by atoms with van der Waals surface area (Å²) in [5, 5.41) is 4.65. The van der Waals surface area contributed by atoms with Gasteiger partial charge in [-0.25, -0.2) is 4.98 Å². The summed E-state index contributed by atoms with van der Waals surface area (Å²) < 4.78 is 8.52. The third-order valence-corrected chi connectivity index (χ3v) is 8.03. The number of benzene rings is 2. The predicted molar refractivity (Wildman–Crippen MR) is 174 cm³/mol. The van der Waals surface area contributed by atoms with Crippen molar-refractivity contribution in [3.8, 4) is 16.8 Å². The lowest BCUT2D eigenvalue weighted by atomic mass is 9.99. The normalized spacial score (nSPS) is 13.2. The summed E-state index contributed by atoms with van der Waals surface area (Å²) in [6.07, 6.45) is 5.11. The molecule has 1 amide bonds. The average Bonchev–Trinajstić information content (AvgIpc) is 3.04. The van der Waals surface area contributed by atoms with Crippen molar-refractivity contribution < 1.29 is 9.53 Å². The molecule has 0 atom stereocenters. The van der Waals surface area contributed by atoms with Crippen molar-refractivity contribution in [3.05, 3.63) is 111 Å². The Morgan fingerprint density at radius 1 is 0.977 bits per heavy atom. The van der Waals surface area contributed by atoms with Crippen LogP contribution >= 0.6 is 0 Å². The van der Waals surface area contributed by atoms with Gasteiger partial charge in [-0.05, 0) is 72.0 Å². The van der Waals surface area contributed by atoms with Crippen molar-refractivity contribution in [1.29, 1.82) is 0 Å². The molecule has 224 valence electrons. The van der Waals surface area contributed by atoms with E-state index < -0.39 is 0 Å². The van der Waals surface area contributed by atoms with E-state index in [1.165, 1.54) is 10.8 Å². The molecule has 0 saturated carbocycles. The van der Waals surface area contributed by atoms with Crippen LogP contribution in [0.2, 0.25) is 0 Å². The summed E-state index contributed by atoms with van der Waals surface area (Å²) in [4.78, 5) is 47.6. The Morgan fingerprint density at radius 2 is 1.77 bits per heavy atom. The van der Waals surface area contributed by atoms with Gasteiger partial charge in [0, 0.05) is 69.5 Å². The summed E-state index contributed by atoms with van der Waals surface area (Å²) in [7, 11) is 5.64. The maximum atomic E-state index is 13.6. The number of carbonyl (C=O) groups is 1. The number of aryl methyl sites for hydroxylation is 1. The summed E-state index contributed by atoms with van der Waals surface area (Å²) in [5.74, 6) is 0.354. The minimum atomic E-state index is -0.222. The maximum absolute atomic E-state index is 13.6. The van der Waals surface area contributed by atoms with Gasteiger partial charge in [0.15, 0.2) is 0 Å². The number of aromatic nitrogens is 3. The summed E-state index contributed by atoms with van der Waals surface area (Å²) in [6.45, 7) is 4.13. The van der Waals surface area contributed by atoms with E-state index in [1.54, 1.807) is 40.9 Å². The molecule has 0 aliphatic carbocycles. The molecule has 3 aromatic heterocycles. The zero-order valence-electron chi connectivity index (χ0n) is 25.2. The zero-order chi connectivity index (χ0) is 31.0. The number of rotatable bonds is 6. The molecule has 1 aliphatic heterocycles. The number of carbonyl (C=O) groups excluding carboxylic acids is 1. The van der Waals surface area contributed by atoms with Gasteiger partial charge < -0.3 is 24.4 Å². The van der Waals surface area contributed by atoms with Gasteiger partial charge in [0.05, 0.1) is 24.5 Å². The standard InChI is InChI=1S/C34H34N6O4/c1-22-27(6-5-7-30(22)40-13-12-23-18-26(37(2)3)9-10-28(23)33(40)42)25-19-29(34(43)38(4)21-25)36-31-11-8-24(20-35-31)32(41)39-14-16-44-17-15-39/h5-13,18-21H,14-17H2,1-4H3,(H,35,36). The fourth-order valence-electron chi connectivity index (χ4n) is 5.53. The van der Waals surface area contributed by atoms with Gasteiger partial charge in [0.25, 0.3) is 17.0 Å². The number of anilines is 3. The van der Waals surface area contributed by atoms with Gasteiger partial charge in [-0.15, -0.1) is 0 Å². The minimum Gasteiger partial charge on any atom is -0.378 e. The van der Waals surface area contributed by atoms with Crippen LogP contribution in [0.15, 0.2) is 88.8 Å². The Hall–Kier alpha value is -5.22. The topological polar surface area (TPSA) is 102 Å². The van der Waals surface area contributed by atoms with Crippen molar-refractivity contribution in [2.45, 2.75) is 6.92 Å². The highest BCUT2D eigenvalue weighted by Gasteiger charge is 2.19. The third-order valence-electron chi connectivity index (χ3n) is 8.03. The second-order valence-electron chi connectivity index (χ2n) is 11.1. The fraction of sp³-hybridized carbons (Fsp3) is 0.235. The van der Waals surface area contributed by atoms with Crippen LogP contribution in [0.25, 0.3) is 27.6 Å². The van der Waals surface area contributed by atoms with E-state index in [0.29, 0.717) is 48.8 Å². The number of pyridine rings is 3. The van der Waals surface area contributed by atoms with Gasteiger partial charge in [0.2, 0.25) is 0 Å². The molecular formula is C34H34N6O4. The van der Waals surface area contributed by atoms with Crippen LogP contribution in [0.5, 0.6) is 0 Å². The van der Waals surface area contributed by atoms with Crippen molar-refractivity contribution in [1.82, 2.24) is 19.0 Å². The number of morpholine rings is 1. The monoisotopic (exact) mass is 590 g/mol. The molecule has 4 heterocycles. The quantitative estimate of drug-likeness (QED) is 0.314. The first-order valence-corrected chi connectivity index (χ1v) is 14.4. The summed E-state index contributed by atoms with van der Waals surface area (Å²) in [5.41, 5.74) is 4.87. The molecule has 10 heteroatoms. The molecule has 5 aromatic rings. The second kappa shape index (κ2) is 11.8. The molecular weight excluding hydrogens is 556 g/mol. The van der Waals surface area contributed by atoms with E-state index in [1.807, 2.05) is 74.6 Å². The highest BCUT2D eigenvalue weighted by molar-refractivity contribution is 5.94. The van der Waals surface area contributed by atoms with E-state index in [4.69, 9.17) is 4.74 Å². The third kappa shape index (κ3) is 5.47. The predicted octanol–water partition coefficient (Wildman–Crippen LogP) is 4.34. The van der Waals surface area contributed by atoms with Crippen LogP contribution in [0.1, 0.15) is 15.9 Å². The van der Waals surface area contributed by atoms with Crippen molar-refractivity contribution in [2.75, 3.05) is 50.6 Å². The number of amides is 1.